The number of aromatic nitrogens is 2. The van der Waals surface area contributed by atoms with Crippen LogP contribution in [0.25, 0.3) is 0 Å². The SMILES string of the molecule is CCCC(CCC)[C@H](NC(=O)c1ccnn1C(C)C)C(=O)Nc1ccc(C)cc1.[HH].[HH]. The van der Waals surface area contributed by atoms with Gasteiger partial charge in [0.05, 0.1) is 0 Å². The lowest BCUT2D eigenvalue weighted by Crippen LogP contribution is -2.49. The molecule has 0 spiro atoms. The quantitative estimate of drug-likeness (QED) is 0.572. The highest BCUT2D eigenvalue weighted by Gasteiger charge is 2.30. The topological polar surface area (TPSA) is 76.0 Å². The molecule has 0 bridgehead atoms. The Morgan fingerprint density at radius 1 is 1.07 bits per heavy atom. The predicted octanol–water partition coefficient (Wildman–Crippen LogP) is 5.22. The average Bonchev–Trinajstić information content (AvgIpc) is 3.18. The van der Waals surface area contributed by atoms with E-state index in [1.54, 1.807) is 16.9 Å². The summed E-state index contributed by atoms with van der Waals surface area (Å²) in [5.74, 6) is -0.364. The van der Waals surface area contributed by atoms with Crippen molar-refractivity contribution in [2.24, 2.45) is 5.92 Å². The largest absolute Gasteiger partial charge is 0.339 e. The number of benzene rings is 1. The Hall–Kier alpha value is -2.63. The summed E-state index contributed by atoms with van der Waals surface area (Å²) < 4.78 is 1.68. The first-order valence-corrected chi connectivity index (χ1v) is 10.6. The van der Waals surface area contributed by atoms with Crippen LogP contribution in [0.5, 0.6) is 0 Å². The molecule has 2 rings (SSSR count). The minimum Gasteiger partial charge on any atom is -0.339 e. The van der Waals surface area contributed by atoms with E-state index in [2.05, 4.69) is 29.6 Å². The number of rotatable bonds is 10. The van der Waals surface area contributed by atoms with Crippen molar-refractivity contribution >= 4 is 17.5 Å². The number of hydrogen-bond acceptors (Lipinski definition) is 3. The van der Waals surface area contributed by atoms with Crippen molar-refractivity contribution in [3.8, 4) is 0 Å². The molecule has 0 radical (unpaired) electrons. The number of nitrogens with zero attached hydrogens (tertiary/aromatic N) is 2. The van der Waals surface area contributed by atoms with Crippen LogP contribution in [0.3, 0.4) is 0 Å². The van der Waals surface area contributed by atoms with Gasteiger partial charge in [-0.1, -0.05) is 44.4 Å². The number of carbonyl (C=O) groups is 2. The number of carbonyl (C=O) groups excluding carboxylic acids is 2. The second kappa shape index (κ2) is 10.8. The van der Waals surface area contributed by atoms with Gasteiger partial charge in [-0.3, -0.25) is 14.3 Å². The lowest BCUT2D eigenvalue weighted by molar-refractivity contribution is -0.119. The van der Waals surface area contributed by atoms with Gasteiger partial charge >= 0.3 is 0 Å². The summed E-state index contributed by atoms with van der Waals surface area (Å²) in [4.78, 5) is 26.2. The predicted molar refractivity (Wildman–Crippen MR) is 121 cm³/mol. The van der Waals surface area contributed by atoms with Gasteiger partial charge in [-0.15, -0.1) is 0 Å². The lowest BCUT2D eigenvalue weighted by atomic mass is 9.89. The van der Waals surface area contributed by atoms with Crippen LogP contribution in [0.4, 0.5) is 5.69 Å². The molecule has 0 saturated carbocycles. The maximum atomic E-state index is 13.2. The second-order valence-electron chi connectivity index (χ2n) is 7.90. The van der Waals surface area contributed by atoms with Gasteiger partial charge in [-0.25, -0.2) is 0 Å². The van der Waals surface area contributed by atoms with Crippen LogP contribution in [-0.2, 0) is 4.79 Å². The molecule has 0 aliphatic heterocycles. The number of nitrogens with one attached hydrogen (secondary N) is 2. The fraction of sp³-hybridized carbons (Fsp3) is 0.522. The monoisotopic (exact) mass is 402 g/mol. The first-order chi connectivity index (χ1) is 13.9. The van der Waals surface area contributed by atoms with Crippen molar-refractivity contribution in [2.75, 3.05) is 5.32 Å². The third-order valence-corrected chi connectivity index (χ3v) is 5.07. The first-order valence-electron chi connectivity index (χ1n) is 10.6. The van der Waals surface area contributed by atoms with Crippen molar-refractivity contribution < 1.29 is 12.4 Å². The van der Waals surface area contributed by atoms with Crippen LogP contribution in [0.2, 0.25) is 0 Å². The highest BCUT2D eigenvalue weighted by atomic mass is 16.2. The van der Waals surface area contributed by atoms with Gasteiger partial charge in [0.25, 0.3) is 5.91 Å². The maximum Gasteiger partial charge on any atom is 0.270 e. The summed E-state index contributed by atoms with van der Waals surface area (Å²) in [6.45, 7) is 10.2. The normalized spacial score (nSPS) is 12.2. The Morgan fingerprint density at radius 3 is 2.24 bits per heavy atom. The molecule has 2 N–H and O–H groups in total. The molecule has 1 heterocycles. The zero-order valence-corrected chi connectivity index (χ0v) is 18.2. The Balaban J connectivity index is 0.00000450. The molecule has 6 heteroatoms. The summed E-state index contributed by atoms with van der Waals surface area (Å²) in [6.07, 6.45) is 5.29. The zero-order valence-electron chi connectivity index (χ0n) is 18.2. The summed E-state index contributed by atoms with van der Waals surface area (Å²) in [5, 5.41) is 10.2. The summed E-state index contributed by atoms with van der Waals surface area (Å²) >= 11 is 0. The van der Waals surface area contributed by atoms with Gasteiger partial charge in [-0.2, -0.15) is 5.10 Å². The van der Waals surface area contributed by atoms with Crippen LogP contribution in [0.15, 0.2) is 36.5 Å². The number of hydrogen-bond donors (Lipinski definition) is 2. The van der Waals surface area contributed by atoms with E-state index in [-0.39, 0.29) is 26.6 Å². The Morgan fingerprint density at radius 2 is 1.69 bits per heavy atom. The highest BCUT2D eigenvalue weighted by Crippen LogP contribution is 2.21. The second-order valence-corrected chi connectivity index (χ2v) is 7.90. The average molecular weight is 403 g/mol. The smallest absolute Gasteiger partial charge is 0.270 e. The minimum absolute atomic E-state index is 0. The van der Waals surface area contributed by atoms with Crippen molar-refractivity contribution in [3.63, 3.8) is 0 Å². The first kappa shape index (κ1) is 22.7. The van der Waals surface area contributed by atoms with Crippen LogP contribution in [0, 0.1) is 12.8 Å². The maximum absolute atomic E-state index is 13.2. The van der Waals surface area contributed by atoms with Gasteiger partial charge in [0, 0.05) is 20.8 Å². The van der Waals surface area contributed by atoms with Crippen molar-refractivity contribution in [2.45, 2.75) is 72.4 Å². The van der Waals surface area contributed by atoms with Crippen molar-refractivity contribution in [1.29, 1.82) is 0 Å². The van der Waals surface area contributed by atoms with Crippen molar-refractivity contribution in [3.05, 3.63) is 47.8 Å². The molecule has 29 heavy (non-hydrogen) atoms. The summed E-state index contributed by atoms with van der Waals surface area (Å²) in [6, 6.07) is 8.84. The van der Waals surface area contributed by atoms with E-state index in [1.807, 2.05) is 45.0 Å². The summed E-state index contributed by atoms with van der Waals surface area (Å²) in [7, 11) is 0. The molecule has 1 atom stereocenters. The molecule has 1 aromatic carbocycles. The molecule has 162 valence electrons. The molecule has 0 fully saturated rings. The van der Waals surface area contributed by atoms with Gasteiger partial charge in [0.1, 0.15) is 11.7 Å². The fourth-order valence-corrected chi connectivity index (χ4v) is 3.59. The number of aryl methyl sites for hydroxylation is 1. The molecular formula is C23H38N4O2. The van der Waals surface area contributed by atoms with Crippen LogP contribution < -0.4 is 10.6 Å². The Bertz CT molecular complexity index is 800. The Kier molecular flexibility index (Phi) is 8.43. The van der Waals surface area contributed by atoms with E-state index in [0.717, 1.165) is 36.9 Å². The molecule has 2 aromatic rings. The van der Waals surface area contributed by atoms with E-state index in [1.165, 1.54) is 0 Å². The molecular weight excluding hydrogens is 364 g/mol. The van der Waals surface area contributed by atoms with Crippen molar-refractivity contribution in [1.82, 2.24) is 15.1 Å². The third kappa shape index (κ3) is 6.17. The molecule has 0 aliphatic rings. The Labute approximate surface area is 177 Å². The standard InChI is InChI=1S/C23H34N4O2.2H2/c1-6-8-18(9-7-2)21(23(29)25-19-12-10-17(5)11-13-19)26-22(28)20-14-15-24-27(20)16(3)4;;/h10-16,18,21H,6-9H2,1-5H3,(H,25,29)(H,26,28);2*1H/t21-;;/m0../s1. The van der Waals surface area contributed by atoms with Gasteiger partial charge in [0.2, 0.25) is 5.91 Å². The number of amides is 2. The highest BCUT2D eigenvalue weighted by molar-refractivity contribution is 6.00. The molecule has 0 saturated heterocycles. The molecule has 6 nitrogen and oxygen atoms in total. The van der Waals surface area contributed by atoms with E-state index < -0.39 is 6.04 Å². The van der Waals surface area contributed by atoms with Gasteiger partial charge in [-0.05, 0) is 57.7 Å². The van der Waals surface area contributed by atoms with E-state index >= 15 is 0 Å². The minimum atomic E-state index is -0.598. The summed E-state index contributed by atoms with van der Waals surface area (Å²) in [5.41, 5.74) is 2.34. The molecule has 0 unspecified atom stereocenters. The fourth-order valence-electron chi connectivity index (χ4n) is 3.59. The van der Waals surface area contributed by atoms with E-state index in [0.29, 0.717) is 5.69 Å². The zero-order chi connectivity index (χ0) is 21.4. The van der Waals surface area contributed by atoms with Crippen LogP contribution >= 0.6 is 0 Å². The molecule has 2 amide bonds. The van der Waals surface area contributed by atoms with E-state index in [4.69, 9.17) is 0 Å². The molecule has 1 aromatic heterocycles. The molecule has 0 aliphatic carbocycles. The lowest BCUT2D eigenvalue weighted by Gasteiger charge is -2.27. The van der Waals surface area contributed by atoms with Gasteiger partial charge in [0.15, 0.2) is 0 Å². The van der Waals surface area contributed by atoms with Gasteiger partial charge < -0.3 is 10.6 Å². The van der Waals surface area contributed by atoms with Crippen LogP contribution in [-0.4, -0.2) is 27.6 Å². The van der Waals surface area contributed by atoms with Crippen LogP contribution in [0.1, 0.15) is 78.3 Å². The third-order valence-electron chi connectivity index (χ3n) is 5.07. The van der Waals surface area contributed by atoms with E-state index in [9.17, 15) is 9.59 Å². The number of anilines is 1.